The van der Waals surface area contributed by atoms with Gasteiger partial charge in [0.1, 0.15) is 5.82 Å². The SMILES string of the molecule is CCC(C)(C)C(=O)OCn1c(N(C)C2CCN(c3nc4c(n3Cc3ccc(F)cc3)=CCCC=4)CC2)nccc1=O. The maximum Gasteiger partial charge on any atom is 0.313 e. The van der Waals surface area contributed by atoms with Gasteiger partial charge in [-0.3, -0.25) is 9.59 Å². The maximum absolute atomic E-state index is 13.5. The zero-order chi connectivity index (χ0) is 29.1. The fourth-order valence-corrected chi connectivity index (χ4v) is 5.35. The van der Waals surface area contributed by atoms with Gasteiger partial charge < -0.3 is 19.1 Å². The predicted octanol–water partition coefficient (Wildman–Crippen LogP) is 3.02. The number of hydrogen-bond donors (Lipinski definition) is 0. The second-order valence-corrected chi connectivity index (χ2v) is 11.5. The fraction of sp³-hybridized carbons (Fsp3) is 0.484. The molecule has 0 bridgehead atoms. The van der Waals surface area contributed by atoms with Gasteiger partial charge >= 0.3 is 5.97 Å². The molecule has 10 heteroatoms. The van der Waals surface area contributed by atoms with Gasteiger partial charge in [-0.2, -0.15) is 0 Å². The number of piperidine rings is 1. The number of carbonyl (C=O) groups excluding carboxylic acids is 1. The van der Waals surface area contributed by atoms with Gasteiger partial charge in [-0.15, -0.1) is 0 Å². The van der Waals surface area contributed by atoms with Gasteiger partial charge in [-0.1, -0.05) is 31.2 Å². The van der Waals surface area contributed by atoms with Crippen LogP contribution in [0.2, 0.25) is 0 Å². The summed E-state index contributed by atoms with van der Waals surface area (Å²) in [4.78, 5) is 39.2. The first-order chi connectivity index (χ1) is 19.7. The summed E-state index contributed by atoms with van der Waals surface area (Å²) in [5, 5.41) is 2.12. The van der Waals surface area contributed by atoms with Gasteiger partial charge in [0.2, 0.25) is 11.9 Å². The highest BCUT2D eigenvalue weighted by molar-refractivity contribution is 5.75. The number of halogens is 1. The van der Waals surface area contributed by atoms with Crippen molar-refractivity contribution in [3.63, 3.8) is 0 Å². The number of esters is 1. The first kappa shape index (κ1) is 28.6. The monoisotopic (exact) mass is 562 g/mol. The minimum Gasteiger partial charge on any atom is -0.443 e. The average molecular weight is 563 g/mol. The topological polar surface area (TPSA) is 85.5 Å². The predicted molar refractivity (Wildman–Crippen MR) is 157 cm³/mol. The summed E-state index contributed by atoms with van der Waals surface area (Å²) in [6, 6.07) is 8.17. The number of nitrogens with zero attached hydrogens (tertiary/aromatic N) is 6. The van der Waals surface area contributed by atoms with Crippen molar-refractivity contribution in [3.8, 4) is 0 Å². The molecule has 0 atom stereocenters. The molecular weight excluding hydrogens is 523 g/mol. The van der Waals surface area contributed by atoms with Crippen LogP contribution in [0.25, 0.3) is 12.2 Å². The van der Waals surface area contributed by atoms with E-state index >= 15 is 0 Å². The lowest BCUT2D eigenvalue weighted by atomic mass is 9.91. The quantitative estimate of drug-likeness (QED) is 0.371. The third kappa shape index (κ3) is 6.06. The zero-order valence-corrected chi connectivity index (χ0v) is 24.3. The number of carbonyl (C=O) groups is 1. The van der Waals surface area contributed by atoms with Crippen molar-refractivity contribution in [2.24, 2.45) is 5.41 Å². The largest absolute Gasteiger partial charge is 0.443 e. The Balaban J connectivity index is 1.32. The van der Waals surface area contributed by atoms with Crippen molar-refractivity contribution in [1.82, 2.24) is 19.1 Å². The van der Waals surface area contributed by atoms with Crippen LogP contribution in [0.3, 0.4) is 0 Å². The van der Waals surface area contributed by atoms with E-state index in [1.165, 1.54) is 29.0 Å². The van der Waals surface area contributed by atoms with E-state index in [0.29, 0.717) is 18.9 Å². The summed E-state index contributed by atoms with van der Waals surface area (Å²) in [7, 11) is 1.94. The lowest BCUT2D eigenvalue weighted by Crippen LogP contribution is -2.46. The van der Waals surface area contributed by atoms with E-state index in [0.717, 1.165) is 61.0 Å². The summed E-state index contributed by atoms with van der Waals surface area (Å²) in [6.07, 6.45) is 10.2. The molecule has 3 heterocycles. The van der Waals surface area contributed by atoms with Crippen LogP contribution in [0.15, 0.2) is 41.3 Å². The zero-order valence-electron chi connectivity index (χ0n) is 24.3. The Morgan fingerprint density at radius 3 is 2.51 bits per heavy atom. The Hall–Kier alpha value is -3.95. The Kier molecular flexibility index (Phi) is 8.28. The number of benzene rings is 1. The Morgan fingerprint density at radius 2 is 1.80 bits per heavy atom. The van der Waals surface area contributed by atoms with Crippen molar-refractivity contribution in [2.75, 3.05) is 29.9 Å². The molecule has 2 aromatic heterocycles. The number of aromatic nitrogens is 4. The lowest BCUT2D eigenvalue weighted by Gasteiger charge is -2.38. The number of ether oxygens (including phenoxy) is 1. The molecule has 1 aliphatic carbocycles. The van der Waals surface area contributed by atoms with Gasteiger partial charge in [-0.05, 0) is 63.6 Å². The smallest absolute Gasteiger partial charge is 0.313 e. The minimum absolute atomic E-state index is 0.142. The molecule has 1 fully saturated rings. The van der Waals surface area contributed by atoms with Crippen LogP contribution < -0.4 is 26.1 Å². The van der Waals surface area contributed by atoms with Gasteiger partial charge in [0.25, 0.3) is 5.56 Å². The van der Waals surface area contributed by atoms with E-state index in [1.807, 2.05) is 44.9 Å². The number of imidazole rings is 1. The molecule has 3 aromatic rings. The molecule has 0 N–H and O–H groups in total. The van der Waals surface area contributed by atoms with Crippen LogP contribution in [0.4, 0.5) is 16.3 Å². The summed E-state index contributed by atoms with van der Waals surface area (Å²) in [5.74, 6) is 0.825. The molecule has 5 rings (SSSR count). The van der Waals surface area contributed by atoms with E-state index in [-0.39, 0.29) is 30.1 Å². The third-order valence-electron chi connectivity index (χ3n) is 8.40. The molecule has 9 nitrogen and oxygen atoms in total. The molecule has 0 spiro atoms. The van der Waals surface area contributed by atoms with Crippen LogP contribution in [0, 0.1) is 11.2 Å². The molecule has 1 saturated heterocycles. The molecule has 1 aliphatic heterocycles. The Bertz CT molecular complexity index is 1570. The summed E-state index contributed by atoms with van der Waals surface area (Å²) < 4.78 is 22.7. The molecule has 218 valence electrons. The normalized spacial score (nSPS) is 15.6. The summed E-state index contributed by atoms with van der Waals surface area (Å²) in [5.41, 5.74) is 0.141. The van der Waals surface area contributed by atoms with Crippen molar-refractivity contribution in [2.45, 2.75) is 72.2 Å². The molecule has 0 amide bonds. The minimum atomic E-state index is -0.623. The maximum atomic E-state index is 13.5. The highest BCUT2D eigenvalue weighted by atomic mass is 19.1. The second-order valence-electron chi connectivity index (χ2n) is 11.5. The highest BCUT2D eigenvalue weighted by Crippen LogP contribution is 2.25. The standard InChI is InChI=1S/C31H39FN6O3/c1-5-31(2,3)28(40)41-21-38-27(39)14-17-33-29(38)35(4)24-15-18-36(19-16-24)30-34-25-8-6-7-9-26(25)37(30)20-22-10-12-23(32)13-11-22/h8-14,17,24H,5-7,15-16,18-21H2,1-4H3. The van der Waals surface area contributed by atoms with Crippen molar-refractivity contribution in [1.29, 1.82) is 0 Å². The molecule has 2 aliphatic rings. The van der Waals surface area contributed by atoms with Crippen LogP contribution in [-0.2, 0) is 22.8 Å². The first-order valence-electron chi connectivity index (χ1n) is 14.4. The Labute approximate surface area is 239 Å². The van der Waals surface area contributed by atoms with Crippen molar-refractivity contribution >= 4 is 30.0 Å². The van der Waals surface area contributed by atoms with Gasteiger partial charge in [0, 0.05) is 38.4 Å². The van der Waals surface area contributed by atoms with Gasteiger partial charge in [0.05, 0.1) is 22.7 Å². The van der Waals surface area contributed by atoms with E-state index in [4.69, 9.17) is 9.72 Å². The number of fused-ring (bicyclic) bond motifs is 1. The summed E-state index contributed by atoms with van der Waals surface area (Å²) in [6.45, 7) is 7.61. The molecular formula is C31H39FN6O3. The number of anilines is 2. The molecule has 0 saturated carbocycles. The molecule has 41 heavy (non-hydrogen) atoms. The fourth-order valence-electron chi connectivity index (χ4n) is 5.35. The molecule has 0 radical (unpaired) electrons. The van der Waals surface area contributed by atoms with Crippen LogP contribution in [0.1, 0.15) is 58.4 Å². The van der Waals surface area contributed by atoms with Crippen LogP contribution in [-0.4, -0.2) is 51.3 Å². The third-order valence-corrected chi connectivity index (χ3v) is 8.40. The average Bonchev–Trinajstić information content (AvgIpc) is 3.35. The number of hydrogen-bond acceptors (Lipinski definition) is 7. The number of rotatable bonds is 9. The van der Waals surface area contributed by atoms with E-state index in [9.17, 15) is 14.0 Å². The van der Waals surface area contributed by atoms with Crippen LogP contribution >= 0.6 is 0 Å². The van der Waals surface area contributed by atoms with Gasteiger partial charge in [-0.25, -0.2) is 18.9 Å². The molecule has 1 aromatic carbocycles. The first-order valence-corrected chi connectivity index (χ1v) is 14.4. The lowest BCUT2D eigenvalue weighted by molar-refractivity contribution is -0.158. The second kappa shape index (κ2) is 11.9. The van der Waals surface area contributed by atoms with Crippen molar-refractivity contribution in [3.05, 3.63) is 69.0 Å². The van der Waals surface area contributed by atoms with Crippen molar-refractivity contribution < 1.29 is 13.9 Å². The van der Waals surface area contributed by atoms with E-state index in [2.05, 4.69) is 26.6 Å². The van der Waals surface area contributed by atoms with Gasteiger partial charge in [0.15, 0.2) is 6.73 Å². The van der Waals surface area contributed by atoms with E-state index < -0.39 is 5.41 Å². The highest BCUT2D eigenvalue weighted by Gasteiger charge is 2.30. The van der Waals surface area contributed by atoms with E-state index in [1.54, 1.807) is 0 Å². The van der Waals surface area contributed by atoms with Crippen LogP contribution in [0.5, 0.6) is 0 Å². The summed E-state index contributed by atoms with van der Waals surface area (Å²) >= 11 is 0. The molecule has 0 unspecified atom stereocenters. The Morgan fingerprint density at radius 1 is 1.10 bits per heavy atom.